The first-order chi connectivity index (χ1) is 9.00. The van der Waals surface area contributed by atoms with Crippen LogP contribution in [0.3, 0.4) is 0 Å². The van der Waals surface area contributed by atoms with Crippen LogP contribution in [0.25, 0.3) is 0 Å². The molecule has 2 rings (SSSR count). The molecule has 2 aromatic rings. The van der Waals surface area contributed by atoms with E-state index in [1.165, 1.54) is 5.56 Å². The smallest absolute Gasteiger partial charge is 0.0876 e. The van der Waals surface area contributed by atoms with Crippen LogP contribution in [0.1, 0.15) is 46.9 Å². The summed E-state index contributed by atoms with van der Waals surface area (Å²) in [4.78, 5) is 4.34. The van der Waals surface area contributed by atoms with Gasteiger partial charge in [0.25, 0.3) is 0 Å². The lowest BCUT2D eigenvalue weighted by atomic mass is 9.88. The molecule has 2 atom stereocenters. The van der Waals surface area contributed by atoms with Gasteiger partial charge in [0.05, 0.1) is 6.10 Å². The Balaban J connectivity index is 2.37. The molecule has 0 amide bonds. The topological polar surface area (TPSA) is 33.1 Å². The number of hydrogen-bond acceptors (Lipinski definition) is 2. The first kappa shape index (κ1) is 13.8. The molecular weight excluding hydrogens is 234 g/mol. The molecule has 1 aromatic carbocycles. The van der Waals surface area contributed by atoms with Gasteiger partial charge in [0, 0.05) is 17.8 Å². The van der Waals surface area contributed by atoms with E-state index in [0.29, 0.717) is 0 Å². The lowest BCUT2D eigenvalue weighted by Crippen LogP contribution is -2.12. The van der Waals surface area contributed by atoms with E-state index < -0.39 is 6.10 Å². The number of aromatic nitrogens is 1. The highest BCUT2D eigenvalue weighted by Crippen LogP contribution is 2.33. The molecule has 0 radical (unpaired) electrons. The van der Waals surface area contributed by atoms with Crippen molar-refractivity contribution >= 4 is 0 Å². The minimum Gasteiger partial charge on any atom is -0.388 e. The van der Waals surface area contributed by atoms with Crippen molar-refractivity contribution in [2.45, 2.75) is 39.7 Å². The van der Waals surface area contributed by atoms with Crippen LogP contribution >= 0.6 is 0 Å². The van der Waals surface area contributed by atoms with Crippen molar-refractivity contribution in [1.82, 2.24) is 4.98 Å². The molecule has 1 heterocycles. The van der Waals surface area contributed by atoms with Gasteiger partial charge in [-0.15, -0.1) is 0 Å². The van der Waals surface area contributed by atoms with Crippen molar-refractivity contribution in [3.8, 4) is 0 Å². The summed E-state index contributed by atoms with van der Waals surface area (Å²) in [6.07, 6.45) is 1.25. The second-order valence-corrected chi connectivity index (χ2v) is 5.30. The van der Waals surface area contributed by atoms with Gasteiger partial charge in [-0.25, -0.2) is 0 Å². The fourth-order valence-corrected chi connectivity index (χ4v) is 2.71. The first-order valence-corrected chi connectivity index (χ1v) is 6.67. The molecule has 2 unspecified atom stereocenters. The molecular formula is C17H21NO. The van der Waals surface area contributed by atoms with E-state index in [9.17, 15) is 5.11 Å². The number of rotatable bonds is 3. The highest BCUT2D eigenvalue weighted by atomic mass is 16.3. The van der Waals surface area contributed by atoms with Crippen LogP contribution in [-0.2, 0) is 0 Å². The van der Waals surface area contributed by atoms with Crippen LogP contribution in [0.5, 0.6) is 0 Å². The molecule has 1 N–H and O–H groups in total. The Bertz CT molecular complexity index is 540. The number of nitrogens with zero attached hydrogens (tertiary/aromatic N) is 1. The highest BCUT2D eigenvalue weighted by molar-refractivity contribution is 5.40. The lowest BCUT2D eigenvalue weighted by Gasteiger charge is -2.23. The zero-order valence-electron chi connectivity index (χ0n) is 12.0. The molecule has 2 heteroatoms. The molecule has 0 aliphatic carbocycles. The summed E-state index contributed by atoms with van der Waals surface area (Å²) in [6, 6.07) is 10.1. The Labute approximate surface area is 115 Å². The monoisotopic (exact) mass is 255 g/mol. The molecule has 0 fully saturated rings. The van der Waals surface area contributed by atoms with Crippen LogP contribution in [0.2, 0.25) is 0 Å². The fourth-order valence-electron chi connectivity index (χ4n) is 2.71. The first-order valence-electron chi connectivity index (χ1n) is 6.67. The van der Waals surface area contributed by atoms with Gasteiger partial charge >= 0.3 is 0 Å². The molecule has 100 valence electrons. The van der Waals surface area contributed by atoms with Crippen molar-refractivity contribution < 1.29 is 5.11 Å². The maximum absolute atomic E-state index is 10.7. The lowest BCUT2D eigenvalue weighted by molar-refractivity contribution is 0.148. The number of benzene rings is 1. The molecule has 0 saturated heterocycles. The van der Waals surface area contributed by atoms with Crippen LogP contribution in [0, 0.1) is 20.8 Å². The summed E-state index contributed by atoms with van der Waals surface area (Å²) in [5, 5.41) is 10.7. The number of hydrogen-bond donors (Lipinski definition) is 1. The third-order valence-electron chi connectivity index (χ3n) is 3.66. The van der Waals surface area contributed by atoms with Crippen molar-refractivity contribution in [1.29, 1.82) is 0 Å². The molecule has 0 bridgehead atoms. The summed E-state index contributed by atoms with van der Waals surface area (Å²) in [6.45, 7) is 8.22. The Morgan fingerprint density at radius 1 is 1.05 bits per heavy atom. The molecule has 0 spiro atoms. The number of aliphatic hydroxyl groups excluding tert-OH is 1. The maximum Gasteiger partial charge on any atom is 0.0876 e. The summed E-state index contributed by atoms with van der Waals surface area (Å²) in [5.74, 6) is -0.0127. The van der Waals surface area contributed by atoms with Crippen molar-refractivity contribution in [3.05, 3.63) is 64.5 Å². The largest absolute Gasteiger partial charge is 0.388 e. The van der Waals surface area contributed by atoms with Crippen LogP contribution < -0.4 is 0 Å². The number of aryl methyl sites for hydroxylation is 3. The Kier molecular flexibility index (Phi) is 4.01. The maximum atomic E-state index is 10.7. The quantitative estimate of drug-likeness (QED) is 0.903. The van der Waals surface area contributed by atoms with E-state index in [2.05, 4.69) is 37.9 Å². The standard InChI is InChI=1S/C17H21NO/c1-11-9-12(2)16(13(3)10-11)17(19)14(4)15-7-5-6-8-18-15/h5-10,14,17,19H,1-4H3. The van der Waals surface area contributed by atoms with E-state index in [-0.39, 0.29) is 5.92 Å². The summed E-state index contributed by atoms with van der Waals surface area (Å²) in [7, 11) is 0. The van der Waals surface area contributed by atoms with Crippen LogP contribution in [-0.4, -0.2) is 10.1 Å². The van der Waals surface area contributed by atoms with Crippen LogP contribution in [0.15, 0.2) is 36.5 Å². The summed E-state index contributed by atoms with van der Waals surface area (Å²) >= 11 is 0. The average Bonchev–Trinajstić information content (AvgIpc) is 2.37. The Hall–Kier alpha value is -1.67. The molecule has 0 aliphatic heterocycles. The SMILES string of the molecule is Cc1cc(C)c(C(O)C(C)c2ccccn2)c(C)c1. The Morgan fingerprint density at radius 2 is 1.68 bits per heavy atom. The summed E-state index contributed by atoms with van der Waals surface area (Å²) < 4.78 is 0. The van der Waals surface area contributed by atoms with Gasteiger partial charge in [0.15, 0.2) is 0 Å². The predicted octanol–water partition coefficient (Wildman–Crippen LogP) is 3.84. The molecule has 0 saturated carbocycles. The van der Waals surface area contributed by atoms with Gasteiger partial charge in [-0.05, 0) is 49.6 Å². The van der Waals surface area contributed by atoms with E-state index >= 15 is 0 Å². The van der Waals surface area contributed by atoms with Gasteiger partial charge in [0.2, 0.25) is 0 Å². The van der Waals surface area contributed by atoms with Crippen molar-refractivity contribution in [3.63, 3.8) is 0 Å². The molecule has 2 nitrogen and oxygen atoms in total. The number of pyridine rings is 1. The zero-order chi connectivity index (χ0) is 14.0. The highest BCUT2D eigenvalue weighted by Gasteiger charge is 2.22. The van der Waals surface area contributed by atoms with Crippen molar-refractivity contribution in [2.75, 3.05) is 0 Å². The minimum absolute atomic E-state index is 0.0127. The second kappa shape index (κ2) is 5.54. The molecule has 1 aromatic heterocycles. The van der Waals surface area contributed by atoms with Crippen LogP contribution in [0.4, 0.5) is 0 Å². The predicted molar refractivity (Wildman–Crippen MR) is 78.3 cm³/mol. The second-order valence-electron chi connectivity index (χ2n) is 5.30. The summed E-state index contributed by atoms with van der Waals surface area (Å²) in [5.41, 5.74) is 5.48. The fraction of sp³-hybridized carbons (Fsp3) is 0.353. The van der Waals surface area contributed by atoms with E-state index in [4.69, 9.17) is 0 Å². The van der Waals surface area contributed by atoms with Gasteiger partial charge in [-0.2, -0.15) is 0 Å². The Morgan fingerprint density at radius 3 is 2.21 bits per heavy atom. The molecule has 0 aliphatic rings. The van der Waals surface area contributed by atoms with E-state index in [1.807, 2.05) is 25.1 Å². The van der Waals surface area contributed by atoms with Gasteiger partial charge in [-0.1, -0.05) is 30.7 Å². The minimum atomic E-state index is -0.518. The van der Waals surface area contributed by atoms with E-state index in [1.54, 1.807) is 6.20 Å². The normalized spacial score (nSPS) is 14.2. The molecule has 19 heavy (non-hydrogen) atoms. The third kappa shape index (κ3) is 2.85. The average molecular weight is 255 g/mol. The van der Waals surface area contributed by atoms with Gasteiger partial charge in [0.1, 0.15) is 0 Å². The van der Waals surface area contributed by atoms with E-state index in [0.717, 1.165) is 22.4 Å². The zero-order valence-corrected chi connectivity index (χ0v) is 12.0. The van der Waals surface area contributed by atoms with Gasteiger partial charge < -0.3 is 5.11 Å². The third-order valence-corrected chi connectivity index (χ3v) is 3.66. The van der Waals surface area contributed by atoms with Crippen molar-refractivity contribution in [2.24, 2.45) is 0 Å². The number of aliphatic hydroxyl groups is 1. The van der Waals surface area contributed by atoms with Gasteiger partial charge in [-0.3, -0.25) is 4.98 Å².